The number of carbonyl (C=O) groups is 1. The molecule has 0 spiro atoms. The summed E-state index contributed by atoms with van der Waals surface area (Å²) in [6, 6.07) is 4.62. The third kappa shape index (κ3) is 3.30. The number of nitrogens with zero attached hydrogens (tertiary/aromatic N) is 2. The smallest absolute Gasteiger partial charge is 0.255 e. The molecule has 4 rings (SSSR count). The van der Waals surface area contributed by atoms with Crippen LogP contribution >= 0.6 is 0 Å². The molecule has 6 heteroatoms. The van der Waals surface area contributed by atoms with Gasteiger partial charge in [0, 0.05) is 63.1 Å². The van der Waals surface area contributed by atoms with Crippen LogP contribution in [0.3, 0.4) is 0 Å². The van der Waals surface area contributed by atoms with Crippen molar-refractivity contribution >= 4 is 5.91 Å². The summed E-state index contributed by atoms with van der Waals surface area (Å²) in [6.45, 7) is 3.25. The fraction of sp³-hybridized carbons (Fsp3) is 0.684. The Labute approximate surface area is 148 Å². The number of fused-ring (bicyclic) bond motifs is 1. The Kier molecular flexibility index (Phi) is 5.01. The van der Waals surface area contributed by atoms with Crippen LogP contribution in [0.4, 0.5) is 0 Å². The number of pyridine rings is 1. The molecule has 136 valence electrons. The SMILES string of the molecule is COC[C@H]1[C@@H](NC2CCN(C(=O)c3cccnc3)CC2)[C@H]2CCO[C@H]21. The van der Waals surface area contributed by atoms with E-state index in [4.69, 9.17) is 9.47 Å². The molecular weight excluding hydrogens is 318 g/mol. The summed E-state index contributed by atoms with van der Waals surface area (Å²) in [5.74, 6) is 1.19. The lowest BCUT2D eigenvalue weighted by atomic mass is 9.66. The Balaban J connectivity index is 1.30. The minimum absolute atomic E-state index is 0.0942. The maximum Gasteiger partial charge on any atom is 0.255 e. The molecule has 3 aliphatic rings. The number of rotatable bonds is 5. The lowest BCUT2D eigenvalue weighted by molar-refractivity contribution is -0.0880. The van der Waals surface area contributed by atoms with Gasteiger partial charge in [-0.2, -0.15) is 0 Å². The van der Waals surface area contributed by atoms with Gasteiger partial charge in [-0.3, -0.25) is 9.78 Å². The quantitative estimate of drug-likeness (QED) is 0.872. The van der Waals surface area contributed by atoms with E-state index in [0.717, 1.165) is 45.6 Å². The second-order valence-electron chi connectivity index (χ2n) is 7.41. The monoisotopic (exact) mass is 345 g/mol. The van der Waals surface area contributed by atoms with Gasteiger partial charge in [-0.1, -0.05) is 0 Å². The molecule has 2 aliphatic heterocycles. The maximum atomic E-state index is 12.5. The fourth-order valence-corrected chi connectivity index (χ4v) is 4.66. The summed E-state index contributed by atoms with van der Waals surface area (Å²) in [7, 11) is 1.77. The van der Waals surface area contributed by atoms with Gasteiger partial charge in [0.15, 0.2) is 0 Å². The zero-order chi connectivity index (χ0) is 17.2. The van der Waals surface area contributed by atoms with Gasteiger partial charge in [-0.25, -0.2) is 0 Å². The molecule has 0 aromatic carbocycles. The van der Waals surface area contributed by atoms with Crippen LogP contribution in [0, 0.1) is 11.8 Å². The first-order chi connectivity index (χ1) is 12.3. The van der Waals surface area contributed by atoms with E-state index in [1.807, 2.05) is 17.0 Å². The molecule has 0 radical (unpaired) electrons. The molecule has 1 saturated carbocycles. The molecule has 3 heterocycles. The molecule has 1 aliphatic carbocycles. The van der Waals surface area contributed by atoms with Crippen LogP contribution in [0.5, 0.6) is 0 Å². The van der Waals surface area contributed by atoms with E-state index in [0.29, 0.717) is 35.6 Å². The Morgan fingerprint density at radius 2 is 2.24 bits per heavy atom. The predicted molar refractivity (Wildman–Crippen MR) is 93.3 cm³/mol. The first-order valence-corrected chi connectivity index (χ1v) is 9.34. The maximum absolute atomic E-state index is 12.5. The zero-order valence-corrected chi connectivity index (χ0v) is 14.8. The van der Waals surface area contributed by atoms with Crippen LogP contribution in [0.1, 0.15) is 29.6 Å². The van der Waals surface area contributed by atoms with Crippen molar-refractivity contribution in [2.45, 2.75) is 37.5 Å². The topological polar surface area (TPSA) is 63.7 Å². The Bertz CT molecular complexity index is 589. The Morgan fingerprint density at radius 3 is 2.96 bits per heavy atom. The number of nitrogens with one attached hydrogen (secondary N) is 1. The highest BCUT2D eigenvalue weighted by atomic mass is 16.5. The van der Waals surface area contributed by atoms with Crippen molar-refractivity contribution in [2.75, 3.05) is 33.4 Å². The van der Waals surface area contributed by atoms with Gasteiger partial charge < -0.3 is 19.7 Å². The van der Waals surface area contributed by atoms with Crippen LogP contribution in [-0.4, -0.2) is 67.4 Å². The van der Waals surface area contributed by atoms with Gasteiger partial charge in [0.2, 0.25) is 0 Å². The molecule has 25 heavy (non-hydrogen) atoms. The molecule has 1 aromatic rings. The summed E-state index contributed by atoms with van der Waals surface area (Å²) in [5.41, 5.74) is 0.680. The lowest BCUT2D eigenvalue weighted by Crippen LogP contribution is -2.64. The van der Waals surface area contributed by atoms with Gasteiger partial charge in [-0.15, -0.1) is 0 Å². The van der Waals surface area contributed by atoms with Crippen LogP contribution in [0.15, 0.2) is 24.5 Å². The third-order valence-electron chi connectivity index (χ3n) is 6.01. The highest BCUT2D eigenvalue weighted by Gasteiger charge is 2.54. The second-order valence-corrected chi connectivity index (χ2v) is 7.41. The number of aromatic nitrogens is 1. The molecular formula is C19H27N3O3. The van der Waals surface area contributed by atoms with Crippen molar-refractivity contribution in [3.63, 3.8) is 0 Å². The van der Waals surface area contributed by atoms with Gasteiger partial charge in [0.05, 0.1) is 18.3 Å². The molecule has 0 bridgehead atoms. The number of piperidine rings is 1. The largest absolute Gasteiger partial charge is 0.384 e. The van der Waals surface area contributed by atoms with Crippen LogP contribution < -0.4 is 5.32 Å². The van der Waals surface area contributed by atoms with E-state index in [9.17, 15) is 4.79 Å². The number of methoxy groups -OCH3 is 1. The average Bonchev–Trinajstić information content (AvgIpc) is 3.09. The molecule has 2 saturated heterocycles. The Hall–Kier alpha value is -1.50. The summed E-state index contributed by atoms with van der Waals surface area (Å²) in [5, 5.41) is 3.85. The van der Waals surface area contributed by atoms with Crippen LogP contribution in [0.25, 0.3) is 0 Å². The molecule has 4 atom stereocenters. The van der Waals surface area contributed by atoms with E-state index in [1.54, 1.807) is 19.5 Å². The van der Waals surface area contributed by atoms with E-state index in [2.05, 4.69) is 10.3 Å². The van der Waals surface area contributed by atoms with Gasteiger partial charge in [-0.05, 0) is 31.4 Å². The average molecular weight is 345 g/mol. The normalized spacial score (nSPS) is 32.3. The molecule has 1 aromatic heterocycles. The summed E-state index contributed by atoms with van der Waals surface area (Å²) < 4.78 is 11.2. The highest BCUT2D eigenvalue weighted by molar-refractivity contribution is 5.93. The van der Waals surface area contributed by atoms with Crippen molar-refractivity contribution < 1.29 is 14.3 Å². The van der Waals surface area contributed by atoms with Crippen molar-refractivity contribution in [2.24, 2.45) is 11.8 Å². The number of hydrogen-bond donors (Lipinski definition) is 1. The van der Waals surface area contributed by atoms with Gasteiger partial charge >= 0.3 is 0 Å². The molecule has 1 amide bonds. The van der Waals surface area contributed by atoms with E-state index in [1.165, 1.54) is 0 Å². The number of ether oxygens (including phenoxy) is 2. The lowest BCUT2D eigenvalue weighted by Gasteiger charge is -2.50. The minimum Gasteiger partial charge on any atom is -0.384 e. The number of hydrogen-bond acceptors (Lipinski definition) is 5. The fourth-order valence-electron chi connectivity index (χ4n) is 4.66. The predicted octanol–water partition coefficient (Wildman–Crippen LogP) is 1.33. The third-order valence-corrected chi connectivity index (χ3v) is 6.01. The summed E-state index contributed by atoms with van der Waals surface area (Å²) in [4.78, 5) is 18.5. The summed E-state index contributed by atoms with van der Waals surface area (Å²) in [6.07, 6.45) is 6.88. The number of amides is 1. The molecule has 1 N–H and O–H groups in total. The summed E-state index contributed by atoms with van der Waals surface area (Å²) >= 11 is 0. The standard InChI is InChI=1S/C19H27N3O3/c1-24-12-16-17(15-6-10-25-18(15)16)21-14-4-8-22(9-5-14)19(23)13-3-2-7-20-11-13/h2-3,7,11,14-18,21H,4-6,8-10,12H2,1H3/t15-,16+,17+,18-/m1/s1. The number of likely N-dealkylation sites (tertiary alicyclic amines) is 1. The highest BCUT2D eigenvalue weighted by Crippen LogP contribution is 2.44. The first kappa shape index (κ1) is 16.9. The number of carbonyl (C=O) groups excluding carboxylic acids is 1. The molecule has 0 unspecified atom stereocenters. The van der Waals surface area contributed by atoms with Gasteiger partial charge in [0.25, 0.3) is 5.91 Å². The second kappa shape index (κ2) is 7.40. The van der Waals surface area contributed by atoms with E-state index in [-0.39, 0.29) is 5.91 Å². The minimum atomic E-state index is 0.0942. The Morgan fingerprint density at radius 1 is 1.40 bits per heavy atom. The molecule has 6 nitrogen and oxygen atoms in total. The van der Waals surface area contributed by atoms with Crippen molar-refractivity contribution in [3.8, 4) is 0 Å². The van der Waals surface area contributed by atoms with E-state index >= 15 is 0 Å². The molecule has 3 fully saturated rings. The van der Waals surface area contributed by atoms with Gasteiger partial charge in [0.1, 0.15) is 0 Å². The van der Waals surface area contributed by atoms with Crippen molar-refractivity contribution in [1.29, 1.82) is 0 Å². The first-order valence-electron chi connectivity index (χ1n) is 9.34. The van der Waals surface area contributed by atoms with Crippen molar-refractivity contribution in [3.05, 3.63) is 30.1 Å². The van der Waals surface area contributed by atoms with Crippen molar-refractivity contribution in [1.82, 2.24) is 15.2 Å². The van der Waals surface area contributed by atoms with Crippen LogP contribution in [-0.2, 0) is 9.47 Å². The van der Waals surface area contributed by atoms with E-state index < -0.39 is 0 Å². The zero-order valence-electron chi connectivity index (χ0n) is 14.8. The van der Waals surface area contributed by atoms with Crippen LogP contribution in [0.2, 0.25) is 0 Å².